The summed E-state index contributed by atoms with van der Waals surface area (Å²) in [6.07, 6.45) is 0.551. The van der Waals surface area contributed by atoms with E-state index in [1.54, 1.807) is 25.3 Å². The monoisotopic (exact) mass is 383 g/mol. The third-order valence-electron chi connectivity index (χ3n) is 4.36. The smallest absolute Gasteiger partial charge is 0.323 e. The molecule has 0 saturated heterocycles. The van der Waals surface area contributed by atoms with Gasteiger partial charge in [-0.15, -0.1) is 0 Å². The third-order valence-corrected chi connectivity index (χ3v) is 4.36. The summed E-state index contributed by atoms with van der Waals surface area (Å²) in [5.41, 5.74) is 2.05. The number of methoxy groups -OCH3 is 1. The molecule has 0 saturated carbocycles. The highest BCUT2D eigenvalue weighted by Gasteiger charge is 2.35. The number of phenols is 1. The van der Waals surface area contributed by atoms with E-state index >= 15 is 0 Å². The number of fused-ring (bicyclic) bond motifs is 1. The summed E-state index contributed by atoms with van der Waals surface area (Å²) in [5.74, 6) is -0.787. The summed E-state index contributed by atoms with van der Waals surface area (Å²) in [5, 5.41) is 15.0. The predicted octanol–water partition coefficient (Wildman–Crippen LogP) is 2.98. The fraction of sp³-hybridized carbons (Fsp3) is 0.250. The van der Waals surface area contributed by atoms with Crippen molar-refractivity contribution in [2.45, 2.75) is 13.3 Å². The van der Waals surface area contributed by atoms with Crippen LogP contribution in [0.5, 0.6) is 5.75 Å². The first-order valence-electron chi connectivity index (χ1n) is 8.77. The van der Waals surface area contributed by atoms with Gasteiger partial charge >= 0.3 is 6.03 Å². The van der Waals surface area contributed by atoms with Gasteiger partial charge < -0.3 is 20.5 Å². The van der Waals surface area contributed by atoms with Gasteiger partial charge in [-0.25, -0.2) is 4.79 Å². The molecule has 0 bridgehead atoms. The number of carbonyl (C=O) groups is 3. The van der Waals surface area contributed by atoms with Crippen LogP contribution in [0.1, 0.15) is 32.7 Å². The normalized spacial score (nSPS) is 12.9. The van der Waals surface area contributed by atoms with Crippen LogP contribution in [0, 0.1) is 6.92 Å². The Bertz CT molecular complexity index is 941. The lowest BCUT2D eigenvalue weighted by atomic mass is 10.1. The van der Waals surface area contributed by atoms with Crippen molar-refractivity contribution in [2.24, 2.45) is 0 Å². The minimum atomic E-state index is -0.576. The molecule has 8 heteroatoms. The van der Waals surface area contributed by atoms with Crippen LogP contribution in [0.2, 0.25) is 0 Å². The molecule has 0 fully saturated rings. The molecule has 1 aliphatic heterocycles. The van der Waals surface area contributed by atoms with Crippen LogP contribution < -0.4 is 10.6 Å². The number of imide groups is 1. The van der Waals surface area contributed by atoms with Crippen molar-refractivity contribution >= 4 is 29.2 Å². The minimum absolute atomic E-state index is 0.0448. The fourth-order valence-corrected chi connectivity index (χ4v) is 2.97. The average Bonchev–Trinajstić information content (AvgIpc) is 2.89. The molecule has 3 N–H and O–H groups in total. The quantitative estimate of drug-likeness (QED) is 0.404. The lowest BCUT2D eigenvalue weighted by Crippen LogP contribution is -2.31. The second kappa shape index (κ2) is 8.10. The maximum atomic E-state index is 12.5. The predicted molar refractivity (Wildman–Crippen MR) is 104 cm³/mol. The Morgan fingerprint density at radius 2 is 1.82 bits per heavy atom. The molecule has 0 unspecified atom stereocenters. The van der Waals surface area contributed by atoms with Crippen molar-refractivity contribution in [3.8, 4) is 5.75 Å². The van der Waals surface area contributed by atoms with E-state index in [0.717, 1.165) is 5.56 Å². The number of rotatable bonds is 6. The Hall–Kier alpha value is -3.39. The first kappa shape index (κ1) is 19.4. The SMILES string of the molecule is COCCCN1C(=O)c2ccc(NC(=O)Nc3ccc(C)cc3O)cc2C1=O. The molecule has 0 radical (unpaired) electrons. The summed E-state index contributed by atoms with van der Waals surface area (Å²) in [6.45, 7) is 2.55. The van der Waals surface area contributed by atoms with E-state index in [1.807, 2.05) is 6.92 Å². The Kier molecular flexibility index (Phi) is 5.60. The van der Waals surface area contributed by atoms with Crippen LogP contribution in [-0.4, -0.2) is 48.1 Å². The van der Waals surface area contributed by atoms with Crippen LogP contribution in [0.25, 0.3) is 0 Å². The van der Waals surface area contributed by atoms with E-state index in [-0.39, 0.29) is 29.5 Å². The van der Waals surface area contributed by atoms with Gasteiger partial charge in [0.15, 0.2) is 0 Å². The molecule has 2 aromatic rings. The number of anilines is 2. The number of aromatic hydroxyl groups is 1. The summed E-state index contributed by atoms with van der Waals surface area (Å²) < 4.78 is 4.95. The van der Waals surface area contributed by atoms with Crippen molar-refractivity contribution in [2.75, 3.05) is 30.9 Å². The Balaban J connectivity index is 1.70. The number of hydrogen-bond acceptors (Lipinski definition) is 5. The summed E-state index contributed by atoms with van der Waals surface area (Å²) in [4.78, 5) is 38.3. The van der Waals surface area contributed by atoms with Gasteiger partial charge in [-0.2, -0.15) is 0 Å². The Labute approximate surface area is 162 Å². The molecular weight excluding hydrogens is 362 g/mol. The molecule has 3 rings (SSSR count). The van der Waals surface area contributed by atoms with E-state index < -0.39 is 11.9 Å². The number of amides is 4. The van der Waals surface area contributed by atoms with Crippen LogP contribution >= 0.6 is 0 Å². The van der Waals surface area contributed by atoms with Crippen molar-refractivity contribution in [3.63, 3.8) is 0 Å². The maximum Gasteiger partial charge on any atom is 0.323 e. The van der Waals surface area contributed by atoms with E-state index in [1.165, 1.54) is 23.1 Å². The summed E-state index contributed by atoms with van der Waals surface area (Å²) >= 11 is 0. The second-order valence-corrected chi connectivity index (χ2v) is 6.47. The Morgan fingerprint density at radius 1 is 1.07 bits per heavy atom. The lowest BCUT2D eigenvalue weighted by Gasteiger charge is -2.12. The number of nitrogens with zero attached hydrogens (tertiary/aromatic N) is 1. The highest BCUT2D eigenvalue weighted by atomic mass is 16.5. The number of nitrogens with one attached hydrogen (secondary N) is 2. The zero-order valence-electron chi connectivity index (χ0n) is 15.6. The molecule has 28 heavy (non-hydrogen) atoms. The van der Waals surface area contributed by atoms with Crippen LogP contribution in [0.4, 0.5) is 16.2 Å². The minimum Gasteiger partial charge on any atom is -0.506 e. The first-order valence-corrected chi connectivity index (χ1v) is 8.77. The number of urea groups is 1. The van der Waals surface area contributed by atoms with E-state index in [9.17, 15) is 19.5 Å². The van der Waals surface area contributed by atoms with E-state index in [0.29, 0.717) is 24.3 Å². The zero-order chi connectivity index (χ0) is 20.3. The molecule has 146 valence electrons. The van der Waals surface area contributed by atoms with Gasteiger partial charge in [0.25, 0.3) is 11.8 Å². The lowest BCUT2D eigenvalue weighted by molar-refractivity contribution is 0.0638. The molecule has 1 aliphatic rings. The van der Waals surface area contributed by atoms with Crippen molar-refractivity contribution in [1.82, 2.24) is 4.90 Å². The number of hydrogen-bond donors (Lipinski definition) is 3. The van der Waals surface area contributed by atoms with Crippen molar-refractivity contribution < 1.29 is 24.2 Å². The summed E-state index contributed by atoms with van der Waals surface area (Å²) in [6, 6.07) is 8.85. The van der Waals surface area contributed by atoms with Gasteiger partial charge in [0.05, 0.1) is 16.8 Å². The summed E-state index contributed by atoms with van der Waals surface area (Å²) in [7, 11) is 1.56. The van der Waals surface area contributed by atoms with Gasteiger partial charge in [-0.05, 0) is 49.2 Å². The highest BCUT2D eigenvalue weighted by Crippen LogP contribution is 2.27. The molecular formula is C20H21N3O5. The van der Waals surface area contributed by atoms with Gasteiger partial charge in [-0.1, -0.05) is 6.07 Å². The zero-order valence-corrected chi connectivity index (χ0v) is 15.6. The van der Waals surface area contributed by atoms with Crippen molar-refractivity contribution in [1.29, 1.82) is 0 Å². The molecule has 8 nitrogen and oxygen atoms in total. The number of ether oxygens (including phenoxy) is 1. The van der Waals surface area contributed by atoms with E-state index in [2.05, 4.69) is 10.6 Å². The number of carbonyl (C=O) groups excluding carboxylic acids is 3. The number of phenolic OH excluding ortho intramolecular Hbond substituents is 1. The first-order chi connectivity index (χ1) is 13.4. The molecule has 2 aromatic carbocycles. The van der Waals surface area contributed by atoms with Crippen LogP contribution in [-0.2, 0) is 4.74 Å². The largest absolute Gasteiger partial charge is 0.506 e. The fourth-order valence-electron chi connectivity index (χ4n) is 2.97. The highest BCUT2D eigenvalue weighted by molar-refractivity contribution is 6.22. The Morgan fingerprint density at radius 3 is 2.54 bits per heavy atom. The third kappa shape index (κ3) is 3.96. The average molecular weight is 383 g/mol. The van der Waals surface area contributed by atoms with Gasteiger partial charge in [0.1, 0.15) is 5.75 Å². The molecule has 0 aromatic heterocycles. The molecule has 4 amide bonds. The standard InChI is InChI=1S/C20H21N3O5/c1-12-4-7-16(17(24)10-12)22-20(27)21-13-5-6-14-15(11-13)19(26)23(18(14)25)8-3-9-28-2/h4-7,10-11,24H,3,8-9H2,1-2H3,(H2,21,22,27). The topological polar surface area (TPSA) is 108 Å². The van der Waals surface area contributed by atoms with Gasteiger partial charge in [0.2, 0.25) is 0 Å². The van der Waals surface area contributed by atoms with Crippen LogP contribution in [0.15, 0.2) is 36.4 Å². The number of aryl methyl sites for hydroxylation is 1. The van der Waals surface area contributed by atoms with Crippen molar-refractivity contribution in [3.05, 3.63) is 53.1 Å². The number of benzene rings is 2. The molecule has 1 heterocycles. The van der Waals surface area contributed by atoms with Gasteiger partial charge in [0, 0.05) is 25.9 Å². The van der Waals surface area contributed by atoms with Gasteiger partial charge in [-0.3, -0.25) is 14.5 Å². The van der Waals surface area contributed by atoms with E-state index in [4.69, 9.17) is 4.74 Å². The van der Waals surface area contributed by atoms with Crippen LogP contribution in [0.3, 0.4) is 0 Å². The maximum absolute atomic E-state index is 12.5. The second-order valence-electron chi connectivity index (χ2n) is 6.47. The molecule has 0 atom stereocenters. The molecule has 0 spiro atoms. The molecule has 0 aliphatic carbocycles.